The molecule has 0 radical (unpaired) electrons. The first kappa shape index (κ1) is 11.6. The molecule has 4 heteroatoms. The summed E-state index contributed by atoms with van der Waals surface area (Å²) in [6, 6.07) is 1.62. The topological polar surface area (TPSA) is 33.1 Å². The molecule has 1 aliphatic rings. The molecule has 1 aliphatic heterocycles. The molecule has 3 unspecified atom stereocenters. The van der Waals surface area contributed by atoms with E-state index in [1.807, 2.05) is 17.9 Å². The SMILES string of the molecule is CC1CN(C(C)c2cnn(C)c2)C(C)CN1. The van der Waals surface area contributed by atoms with Crippen LogP contribution in [0.5, 0.6) is 0 Å². The summed E-state index contributed by atoms with van der Waals surface area (Å²) in [5.74, 6) is 0. The van der Waals surface area contributed by atoms with Gasteiger partial charge < -0.3 is 5.32 Å². The summed E-state index contributed by atoms with van der Waals surface area (Å²) in [5.41, 5.74) is 1.31. The fourth-order valence-corrected chi connectivity index (χ4v) is 2.44. The fraction of sp³-hybridized carbons (Fsp3) is 0.750. The van der Waals surface area contributed by atoms with Gasteiger partial charge >= 0.3 is 0 Å². The van der Waals surface area contributed by atoms with Crippen LogP contribution in [-0.4, -0.2) is 39.9 Å². The van der Waals surface area contributed by atoms with Crippen LogP contribution in [0.1, 0.15) is 32.4 Å². The first-order chi connectivity index (χ1) is 7.58. The molecule has 1 N–H and O–H groups in total. The van der Waals surface area contributed by atoms with E-state index in [2.05, 4.69) is 42.3 Å². The van der Waals surface area contributed by atoms with E-state index in [0.29, 0.717) is 18.1 Å². The van der Waals surface area contributed by atoms with Crippen molar-refractivity contribution in [1.29, 1.82) is 0 Å². The molecular weight excluding hydrogens is 200 g/mol. The second kappa shape index (κ2) is 4.55. The van der Waals surface area contributed by atoms with E-state index in [0.717, 1.165) is 13.1 Å². The fourth-order valence-electron chi connectivity index (χ4n) is 2.44. The van der Waals surface area contributed by atoms with Crippen LogP contribution in [0.25, 0.3) is 0 Å². The Kier molecular flexibility index (Phi) is 3.30. The molecule has 1 aromatic heterocycles. The summed E-state index contributed by atoms with van der Waals surface area (Å²) < 4.78 is 1.88. The predicted molar refractivity (Wildman–Crippen MR) is 65.3 cm³/mol. The molecule has 0 spiro atoms. The van der Waals surface area contributed by atoms with Gasteiger partial charge in [-0.05, 0) is 20.8 Å². The van der Waals surface area contributed by atoms with Crippen molar-refractivity contribution in [2.24, 2.45) is 7.05 Å². The third-order valence-corrected chi connectivity index (χ3v) is 3.52. The quantitative estimate of drug-likeness (QED) is 0.815. The summed E-state index contributed by atoms with van der Waals surface area (Å²) in [5, 5.41) is 7.76. The molecule has 16 heavy (non-hydrogen) atoms. The summed E-state index contributed by atoms with van der Waals surface area (Å²) in [6.07, 6.45) is 4.09. The lowest BCUT2D eigenvalue weighted by Gasteiger charge is -2.41. The van der Waals surface area contributed by atoms with Crippen LogP contribution in [-0.2, 0) is 7.05 Å². The molecule has 2 rings (SSSR count). The van der Waals surface area contributed by atoms with Crippen LogP contribution in [0.15, 0.2) is 12.4 Å². The van der Waals surface area contributed by atoms with Gasteiger partial charge in [-0.2, -0.15) is 5.10 Å². The monoisotopic (exact) mass is 222 g/mol. The van der Waals surface area contributed by atoms with E-state index >= 15 is 0 Å². The predicted octanol–water partition coefficient (Wildman–Crippen LogP) is 1.16. The van der Waals surface area contributed by atoms with Gasteiger partial charge in [0, 0.05) is 50.0 Å². The van der Waals surface area contributed by atoms with Crippen LogP contribution in [0, 0.1) is 0 Å². The lowest BCUT2D eigenvalue weighted by Crippen LogP contribution is -2.54. The second-order valence-electron chi connectivity index (χ2n) is 4.98. The molecule has 2 heterocycles. The van der Waals surface area contributed by atoms with Crippen molar-refractivity contribution in [3.05, 3.63) is 18.0 Å². The number of hydrogen-bond acceptors (Lipinski definition) is 3. The first-order valence-corrected chi connectivity index (χ1v) is 6.05. The summed E-state index contributed by atoms with van der Waals surface area (Å²) in [7, 11) is 1.97. The molecule has 0 aromatic carbocycles. The average Bonchev–Trinajstić information content (AvgIpc) is 2.67. The maximum absolute atomic E-state index is 4.25. The van der Waals surface area contributed by atoms with Crippen molar-refractivity contribution < 1.29 is 0 Å². The summed E-state index contributed by atoms with van der Waals surface area (Å²) in [4.78, 5) is 2.55. The van der Waals surface area contributed by atoms with Crippen LogP contribution in [0.4, 0.5) is 0 Å². The van der Waals surface area contributed by atoms with Gasteiger partial charge in [-0.15, -0.1) is 0 Å². The maximum atomic E-state index is 4.25. The Morgan fingerprint density at radius 3 is 2.88 bits per heavy atom. The maximum Gasteiger partial charge on any atom is 0.0537 e. The number of rotatable bonds is 2. The van der Waals surface area contributed by atoms with Gasteiger partial charge in [0.1, 0.15) is 0 Å². The standard InChI is InChI=1S/C12H22N4/c1-9-7-16(10(2)5-13-9)11(3)12-6-14-15(4)8-12/h6,8-11,13H,5,7H2,1-4H3. The lowest BCUT2D eigenvalue weighted by molar-refractivity contribution is 0.103. The van der Waals surface area contributed by atoms with Gasteiger partial charge in [0.25, 0.3) is 0 Å². The van der Waals surface area contributed by atoms with Gasteiger partial charge in [0.05, 0.1) is 6.20 Å². The molecule has 90 valence electrons. The average molecular weight is 222 g/mol. The van der Waals surface area contributed by atoms with Crippen molar-refractivity contribution in [3.63, 3.8) is 0 Å². The van der Waals surface area contributed by atoms with Gasteiger partial charge in [-0.25, -0.2) is 0 Å². The van der Waals surface area contributed by atoms with Crippen molar-refractivity contribution in [3.8, 4) is 0 Å². The summed E-state index contributed by atoms with van der Waals surface area (Å²) in [6.45, 7) is 8.98. The van der Waals surface area contributed by atoms with Crippen molar-refractivity contribution in [1.82, 2.24) is 20.0 Å². The Balaban J connectivity index is 2.10. The number of hydrogen-bond donors (Lipinski definition) is 1. The molecule has 0 aliphatic carbocycles. The van der Waals surface area contributed by atoms with Crippen LogP contribution < -0.4 is 5.32 Å². The smallest absolute Gasteiger partial charge is 0.0537 e. The number of piperazine rings is 1. The van der Waals surface area contributed by atoms with Gasteiger partial charge in [-0.3, -0.25) is 9.58 Å². The number of aryl methyl sites for hydroxylation is 1. The van der Waals surface area contributed by atoms with E-state index in [1.54, 1.807) is 0 Å². The van der Waals surface area contributed by atoms with Crippen molar-refractivity contribution >= 4 is 0 Å². The minimum atomic E-state index is 0.452. The molecule has 3 atom stereocenters. The zero-order chi connectivity index (χ0) is 11.7. The zero-order valence-electron chi connectivity index (χ0n) is 10.6. The van der Waals surface area contributed by atoms with E-state index < -0.39 is 0 Å². The number of aromatic nitrogens is 2. The van der Waals surface area contributed by atoms with Crippen LogP contribution in [0.3, 0.4) is 0 Å². The number of nitrogens with one attached hydrogen (secondary N) is 1. The molecule has 0 amide bonds. The zero-order valence-corrected chi connectivity index (χ0v) is 10.6. The Morgan fingerprint density at radius 2 is 2.25 bits per heavy atom. The third-order valence-electron chi connectivity index (χ3n) is 3.52. The molecule has 1 saturated heterocycles. The van der Waals surface area contributed by atoms with E-state index in [9.17, 15) is 0 Å². The molecule has 1 fully saturated rings. The molecule has 0 saturated carbocycles. The second-order valence-corrected chi connectivity index (χ2v) is 4.98. The molecule has 1 aromatic rings. The largest absolute Gasteiger partial charge is 0.311 e. The highest BCUT2D eigenvalue weighted by Gasteiger charge is 2.27. The van der Waals surface area contributed by atoms with E-state index in [1.165, 1.54) is 5.56 Å². The Labute approximate surface area is 97.6 Å². The van der Waals surface area contributed by atoms with Gasteiger partial charge in [0.15, 0.2) is 0 Å². The molecule has 0 bridgehead atoms. The molecular formula is C12H22N4. The Bertz CT molecular complexity index is 347. The van der Waals surface area contributed by atoms with Crippen LogP contribution >= 0.6 is 0 Å². The van der Waals surface area contributed by atoms with E-state index in [-0.39, 0.29) is 0 Å². The van der Waals surface area contributed by atoms with Crippen LogP contribution in [0.2, 0.25) is 0 Å². The van der Waals surface area contributed by atoms with Crippen molar-refractivity contribution in [2.45, 2.75) is 38.9 Å². The molecule has 4 nitrogen and oxygen atoms in total. The van der Waals surface area contributed by atoms with Crippen molar-refractivity contribution in [2.75, 3.05) is 13.1 Å². The minimum Gasteiger partial charge on any atom is -0.311 e. The lowest BCUT2D eigenvalue weighted by atomic mass is 10.0. The van der Waals surface area contributed by atoms with Gasteiger partial charge in [-0.1, -0.05) is 0 Å². The minimum absolute atomic E-state index is 0.452. The normalized spacial score (nSPS) is 29.2. The first-order valence-electron chi connectivity index (χ1n) is 6.05. The van der Waals surface area contributed by atoms with Gasteiger partial charge in [0.2, 0.25) is 0 Å². The highest BCUT2D eigenvalue weighted by Crippen LogP contribution is 2.23. The summed E-state index contributed by atoms with van der Waals surface area (Å²) >= 11 is 0. The highest BCUT2D eigenvalue weighted by molar-refractivity contribution is 5.10. The van der Waals surface area contributed by atoms with E-state index in [4.69, 9.17) is 0 Å². The third kappa shape index (κ3) is 2.28. The highest BCUT2D eigenvalue weighted by atomic mass is 15.3. The Hall–Kier alpha value is -0.870. The Morgan fingerprint density at radius 1 is 1.50 bits per heavy atom. The number of nitrogens with zero attached hydrogens (tertiary/aromatic N) is 3.